The fourth-order valence-electron chi connectivity index (χ4n) is 3.04. The van der Waals surface area contributed by atoms with Crippen molar-refractivity contribution in [1.29, 1.82) is 0 Å². The van der Waals surface area contributed by atoms with Crippen LogP contribution in [0.2, 0.25) is 0 Å². The van der Waals surface area contributed by atoms with Crippen LogP contribution in [0.15, 0.2) is 36.4 Å². The lowest BCUT2D eigenvalue weighted by Gasteiger charge is -2.19. The maximum atomic E-state index is 13.0. The summed E-state index contributed by atoms with van der Waals surface area (Å²) in [5.74, 6) is 0.720. The van der Waals surface area contributed by atoms with Crippen LogP contribution in [0.3, 0.4) is 0 Å². The van der Waals surface area contributed by atoms with E-state index in [1.165, 1.54) is 39.5 Å². The lowest BCUT2D eigenvalue weighted by atomic mass is 10.1. The van der Waals surface area contributed by atoms with Gasteiger partial charge in [-0.1, -0.05) is 6.07 Å². The summed E-state index contributed by atoms with van der Waals surface area (Å²) in [4.78, 5) is 35.8. The first kappa shape index (κ1) is 25.8. The summed E-state index contributed by atoms with van der Waals surface area (Å²) in [6, 6.07) is 8.37. The lowest BCUT2D eigenvalue weighted by Crippen LogP contribution is -2.33. The number of non-ortho nitro benzene ring substituents is 1. The van der Waals surface area contributed by atoms with E-state index in [4.69, 9.17) is 14.2 Å². The van der Waals surface area contributed by atoms with Crippen molar-refractivity contribution in [3.05, 3.63) is 57.6 Å². The van der Waals surface area contributed by atoms with Gasteiger partial charge in [0.1, 0.15) is 6.04 Å². The van der Waals surface area contributed by atoms with E-state index in [2.05, 4.69) is 10.6 Å². The summed E-state index contributed by atoms with van der Waals surface area (Å²) < 4.78 is 15.3. The number of nitrogens with zero attached hydrogens (tertiary/aromatic N) is 1. The molecule has 1 amide bonds. The maximum absolute atomic E-state index is 13.0. The van der Waals surface area contributed by atoms with E-state index in [9.17, 15) is 19.7 Å². The number of benzene rings is 2. The van der Waals surface area contributed by atoms with Gasteiger partial charge in [-0.15, -0.1) is 0 Å². The highest BCUT2D eigenvalue weighted by Gasteiger charge is 2.23. The molecule has 0 saturated carbocycles. The molecule has 0 radical (unpaired) electrons. The number of ether oxygens (including phenoxy) is 3. The molecule has 0 bridgehead atoms. The SMILES string of the molecule is COC(=O)[C@@H](CCSC)Nc1ccc([N+](=O)[O-])cc1C(=O)NCc1ccc(OC)c(OC)c1. The number of rotatable bonds is 12. The zero-order chi connectivity index (χ0) is 24.4. The number of hydrogen-bond donors (Lipinski definition) is 2. The van der Waals surface area contributed by atoms with Gasteiger partial charge in [0.05, 0.1) is 31.8 Å². The molecule has 0 fully saturated rings. The molecule has 0 heterocycles. The molecule has 0 aromatic heterocycles. The van der Waals surface area contributed by atoms with Crippen LogP contribution in [0, 0.1) is 10.1 Å². The molecule has 2 N–H and O–H groups in total. The van der Waals surface area contributed by atoms with Crippen LogP contribution in [-0.4, -0.2) is 56.2 Å². The molecule has 0 aliphatic carbocycles. The van der Waals surface area contributed by atoms with Crippen LogP contribution in [0.1, 0.15) is 22.3 Å². The average molecular weight is 478 g/mol. The first-order valence-corrected chi connectivity index (χ1v) is 11.3. The standard InChI is InChI=1S/C22H27N3O7S/c1-30-19-8-5-14(11-20(19)31-2)13-23-21(26)16-12-15(25(28)29)6-7-17(16)24-18(9-10-33-4)22(27)32-3/h5-8,11-12,18,24H,9-10,13H2,1-4H3,(H,23,26)/t18-/m1/s1. The van der Waals surface area contributed by atoms with Gasteiger partial charge >= 0.3 is 5.97 Å². The van der Waals surface area contributed by atoms with Crippen LogP contribution < -0.4 is 20.1 Å². The smallest absolute Gasteiger partial charge is 0.328 e. The minimum atomic E-state index is -0.707. The van der Waals surface area contributed by atoms with Crippen LogP contribution in [0.4, 0.5) is 11.4 Å². The zero-order valence-electron chi connectivity index (χ0n) is 18.9. The number of hydrogen-bond acceptors (Lipinski definition) is 9. The third-order valence-corrected chi connectivity index (χ3v) is 5.43. The number of carbonyl (C=O) groups is 2. The van der Waals surface area contributed by atoms with E-state index >= 15 is 0 Å². The van der Waals surface area contributed by atoms with Crippen molar-refractivity contribution in [2.75, 3.05) is 38.7 Å². The molecule has 0 unspecified atom stereocenters. The van der Waals surface area contributed by atoms with Crippen molar-refractivity contribution in [1.82, 2.24) is 5.32 Å². The summed E-state index contributed by atoms with van der Waals surface area (Å²) in [7, 11) is 4.32. The molecule has 2 aromatic carbocycles. The van der Waals surface area contributed by atoms with Crippen molar-refractivity contribution in [2.45, 2.75) is 19.0 Å². The van der Waals surface area contributed by atoms with Crippen LogP contribution in [0.25, 0.3) is 0 Å². The molecule has 0 aliphatic rings. The van der Waals surface area contributed by atoms with E-state index in [1.54, 1.807) is 30.0 Å². The Labute approximate surface area is 196 Å². The quantitative estimate of drug-likeness (QED) is 0.269. The highest BCUT2D eigenvalue weighted by molar-refractivity contribution is 7.98. The maximum Gasteiger partial charge on any atom is 0.328 e. The van der Waals surface area contributed by atoms with Crippen LogP contribution >= 0.6 is 11.8 Å². The predicted octanol–water partition coefficient (Wildman–Crippen LogP) is 3.25. The van der Waals surface area contributed by atoms with E-state index in [0.29, 0.717) is 29.4 Å². The topological polar surface area (TPSA) is 129 Å². The second-order valence-electron chi connectivity index (χ2n) is 6.86. The van der Waals surface area contributed by atoms with Gasteiger partial charge < -0.3 is 24.8 Å². The normalized spacial score (nSPS) is 11.3. The Morgan fingerprint density at radius 1 is 1.09 bits per heavy atom. The molecule has 33 heavy (non-hydrogen) atoms. The Morgan fingerprint density at radius 3 is 2.42 bits per heavy atom. The van der Waals surface area contributed by atoms with Gasteiger partial charge in [-0.2, -0.15) is 11.8 Å². The zero-order valence-corrected chi connectivity index (χ0v) is 19.7. The van der Waals surface area contributed by atoms with Crippen LogP contribution in [0.5, 0.6) is 11.5 Å². The summed E-state index contributed by atoms with van der Waals surface area (Å²) in [5.41, 5.74) is 0.841. The van der Waals surface area contributed by atoms with Crippen molar-refractivity contribution < 1.29 is 28.7 Å². The Morgan fingerprint density at radius 2 is 1.82 bits per heavy atom. The van der Waals surface area contributed by atoms with Gasteiger partial charge in [0.25, 0.3) is 11.6 Å². The number of amides is 1. The second-order valence-corrected chi connectivity index (χ2v) is 7.85. The van der Waals surface area contributed by atoms with E-state index in [-0.39, 0.29) is 17.8 Å². The van der Waals surface area contributed by atoms with Gasteiger partial charge in [0.15, 0.2) is 11.5 Å². The number of anilines is 1. The fraction of sp³-hybridized carbons (Fsp3) is 0.364. The van der Waals surface area contributed by atoms with Crippen LogP contribution in [-0.2, 0) is 16.1 Å². The molecule has 0 spiro atoms. The minimum Gasteiger partial charge on any atom is -0.493 e. The third kappa shape index (κ3) is 7.01. The summed E-state index contributed by atoms with van der Waals surface area (Å²) in [6.07, 6.45) is 2.37. The van der Waals surface area contributed by atoms with Gasteiger partial charge in [0, 0.05) is 24.4 Å². The molecule has 0 saturated heterocycles. The van der Waals surface area contributed by atoms with E-state index in [0.717, 1.165) is 5.56 Å². The van der Waals surface area contributed by atoms with Gasteiger partial charge in [-0.05, 0) is 42.2 Å². The molecule has 2 rings (SSSR count). The number of methoxy groups -OCH3 is 3. The Kier molecular flexibility index (Phi) is 9.80. The van der Waals surface area contributed by atoms with Gasteiger partial charge in [0.2, 0.25) is 0 Å². The molecule has 11 heteroatoms. The average Bonchev–Trinajstić information content (AvgIpc) is 2.84. The summed E-state index contributed by atoms with van der Waals surface area (Å²) in [6.45, 7) is 0.147. The summed E-state index contributed by atoms with van der Waals surface area (Å²) >= 11 is 1.56. The molecular formula is C22H27N3O7S. The fourth-order valence-corrected chi connectivity index (χ4v) is 3.51. The Bertz CT molecular complexity index is 1000. The first-order chi connectivity index (χ1) is 15.8. The number of carbonyl (C=O) groups excluding carboxylic acids is 2. The number of thioether (sulfide) groups is 1. The second kappa shape index (κ2) is 12.5. The highest BCUT2D eigenvalue weighted by atomic mass is 32.2. The molecule has 10 nitrogen and oxygen atoms in total. The molecule has 1 atom stereocenters. The molecule has 178 valence electrons. The lowest BCUT2D eigenvalue weighted by molar-refractivity contribution is -0.384. The monoisotopic (exact) mass is 477 g/mol. The Hall–Kier alpha value is -3.47. The number of nitrogens with one attached hydrogen (secondary N) is 2. The minimum absolute atomic E-state index is 0.0442. The highest BCUT2D eigenvalue weighted by Crippen LogP contribution is 2.28. The Balaban J connectivity index is 2.28. The largest absolute Gasteiger partial charge is 0.493 e. The number of nitro groups is 1. The molecular weight excluding hydrogens is 450 g/mol. The first-order valence-electron chi connectivity index (χ1n) is 9.95. The number of nitro benzene ring substituents is 1. The van der Waals surface area contributed by atoms with Crippen molar-refractivity contribution in [3.63, 3.8) is 0 Å². The molecule has 0 aliphatic heterocycles. The molecule has 2 aromatic rings. The van der Waals surface area contributed by atoms with Gasteiger partial charge in [-0.25, -0.2) is 4.79 Å². The predicted molar refractivity (Wildman–Crippen MR) is 126 cm³/mol. The van der Waals surface area contributed by atoms with Crippen molar-refractivity contribution in [3.8, 4) is 11.5 Å². The number of esters is 1. The van der Waals surface area contributed by atoms with Crippen molar-refractivity contribution >= 4 is 35.0 Å². The van der Waals surface area contributed by atoms with E-state index < -0.39 is 22.8 Å². The van der Waals surface area contributed by atoms with E-state index in [1.807, 2.05) is 6.26 Å². The van der Waals surface area contributed by atoms with Gasteiger partial charge in [-0.3, -0.25) is 14.9 Å². The third-order valence-electron chi connectivity index (χ3n) is 4.79. The summed E-state index contributed by atoms with van der Waals surface area (Å²) in [5, 5.41) is 17.0. The van der Waals surface area contributed by atoms with Crippen molar-refractivity contribution in [2.24, 2.45) is 0 Å².